The minimum atomic E-state index is -1.03. The van der Waals surface area contributed by atoms with E-state index in [4.69, 9.17) is 4.74 Å². The smallest absolute Gasteiger partial charge is 0.262 e. The van der Waals surface area contributed by atoms with E-state index in [9.17, 15) is 23.8 Å². The number of rotatable bonds is 8. The molecule has 0 spiro atoms. The van der Waals surface area contributed by atoms with E-state index in [1.54, 1.807) is 24.3 Å². The van der Waals surface area contributed by atoms with Crippen LogP contribution in [0.5, 0.6) is 11.5 Å². The van der Waals surface area contributed by atoms with Gasteiger partial charge < -0.3 is 25.6 Å². The van der Waals surface area contributed by atoms with E-state index in [1.165, 1.54) is 36.4 Å². The van der Waals surface area contributed by atoms with Gasteiger partial charge in [0.15, 0.2) is 6.61 Å². The molecule has 3 aromatic rings. The number of nitrogens with one attached hydrogen (secondary N) is 2. The molecular weight excluding hydrogens is 490 g/mol. The van der Waals surface area contributed by atoms with E-state index in [1.807, 2.05) is 13.8 Å². The maximum absolute atomic E-state index is 13.5. The summed E-state index contributed by atoms with van der Waals surface area (Å²) in [5.74, 6) is -0.932. The van der Waals surface area contributed by atoms with E-state index >= 15 is 0 Å². The summed E-state index contributed by atoms with van der Waals surface area (Å²) in [6.07, 6.45) is -0.456. The molecule has 0 radical (unpaired) electrons. The first-order chi connectivity index (χ1) is 16.6. The van der Waals surface area contributed by atoms with E-state index in [0.29, 0.717) is 23.4 Å². The normalized spacial score (nSPS) is 13.9. The molecule has 9 heteroatoms. The van der Waals surface area contributed by atoms with E-state index in [0.717, 1.165) is 11.1 Å². The highest BCUT2D eigenvalue weighted by Gasteiger charge is 2.29. The van der Waals surface area contributed by atoms with Crippen LogP contribution < -0.4 is 15.4 Å². The van der Waals surface area contributed by atoms with Crippen molar-refractivity contribution < 1.29 is 28.5 Å². The highest BCUT2D eigenvalue weighted by molar-refractivity contribution is 5.96. The second-order valence-electron chi connectivity index (χ2n) is 9.39. The van der Waals surface area contributed by atoms with Crippen LogP contribution in [0, 0.1) is 11.6 Å². The van der Waals surface area contributed by atoms with Crippen molar-refractivity contribution in [1.82, 2.24) is 5.32 Å². The molecule has 0 bridgehead atoms. The van der Waals surface area contributed by atoms with E-state index < -0.39 is 11.6 Å². The summed E-state index contributed by atoms with van der Waals surface area (Å²) < 4.78 is 32.6. The number of benzene rings is 3. The number of phenolic OH excluding ortho intramolecular Hbond substituents is 1. The standard InChI is InChI=1S/C27H28F2N2O4.ClH/c1-27(2,13-22(16-3-7-18(28)8-4-16)17-5-9-19(29)10-6-17)30-14-24(33)21-11-20(32)12-23-26(21)35-15-25(34)31-23;/h3-12,22,24,30,32-33H,13-15H2,1-2H3,(H,31,34);1H. The highest BCUT2D eigenvalue weighted by Crippen LogP contribution is 2.39. The van der Waals surface area contributed by atoms with Crippen molar-refractivity contribution in [3.63, 3.8) is 0 Å². The lowest BCUT2D eigenvalue weighted by Gasteiger charge is -2.33. The molecule has 1 atom stereocenters. The van der Waals surface area contributed by atoms with Crippen LogP contribution in [0.4, 0.5) is 14.5 Å². The van der Waals surface area contributed by atoms with Crippen LogP contribution in [0.15, 0.2) is 60.7 Å². The predicted octanol–water partition coefficient (Wildman–Crippen LogP) is 5.05. The maximum atomic E-state index is 13.5. The summed E-state index contributed by atoms with van der Waals surface area (Å²) >= 11 is 0. The van der Waals surface area contributed by atoms with Crippen molar-refractivity contribution in [3.8, 4) is 11.5 Å². The van der Waals surface area contributed by atoms with Gasteiger partial charge >= 0.3 is 0 Å². The predicted molar refractivity (Wildman–Crippen MR) is 136 cm³/mol. The first-order valence-electron chi connectivity index (χ1n) is 11.3. The summed E-state index contributed by atoms with van der Waals surface area (Å²) in [5, 5.41) is 27.0. The number of hydrogen-bond acceptors (Lipinski definition) is 5. The number of halogens is 3. The molecule has 192 valence electrons. The summed E-state index contributed by atoms with van der Waals surface area (Å²) in [6, 6.07) is 15.3. The third kappa shape index (κ3) is 6.51. The van der Waals surface area contributed by atoms with Crippen molar-refractivity contribution in [2.75, 3.05) is 18.5 Å². The van der Waals surface area contributed by atoms with Crippen LogP contribution >= 0.6 is 12.4 Å². The number of hydrogen-bond donors (Lipinski definition) is 4. The Bertz CT molecular complexity index is 1160. The Labute approximate surface area is 214 Å². The zero-order valence-corrected chi connectivity index (χ0v) is 20.7. The Morgan fingerprint density at radius 3 is 2.14 bits per heavy atom. The van der Waals surface area contributed by atoms with Crippen molar-refractivity contribution in [3.05, 3.63) is 89.0 Å². The number of β-amino-alcohol motifs (C(OH)–C–C–N with tert-alkyl or cyclic N) is 1. The van der Waals surface area contributed by atoms with Crippen LogP contribution in [0.1, 0.15) is 49.0 Å². The largest absolute Gasteiger partial charge is 0.508 e. The number of aliphatic hydroxyl groups is 1. The number of phenols is 1. The number of amides is 1. The minimum Gasteiger partial charge on any atom is -0.508 e. The molecule has 1 aliphatic rings. The Morgan fingerprint density at radius 2 is 1.58 bits per heavy atom. The summed E-state index contributed by atoms with van der Waals surface area (Å²) in [4.78, 5) is 11.6. The molecule has 1 amide bonds. The number of carbonyl (C=O) groups excluding carboxylic acids is 1. The third-order valence-corrected chi connectivity index (χ3v) is 6.12. The van der Waals surface area contributed by atoms with Crippen LogP contribution in [0.3, 0.4) is 0 Å². The lowest BCUT2D eigenvalue weighted by molar-refractivity contribution is -0.118. The molecule has 6 nitrogen and oxygen atoms in total. The second kappa shape index (κ2) is 11.2. The topological polar surface area (TPSA) is 90.8 Å². The molecule has 4 rings (SSSR count). The molecule has 36 heavy (non-hydrogen) atoms. The molecule has 1 aliphatic heterocycles. The second-order valence-corrected chi connectivity index (χ2v) is 9.39. The summed E-state index contributed by atoms with van der Waals surface area (Å²) in [7, 11) is 0. The van der Waals surface area contributed by atoms with Crippen LogP contribution in [-0.4, -0.2) is 34.8 Å². The molecule has 3 aromatic carbocycles. The van der Waals surface area contributed by atoms with Gasteiger partial charge in [-0.1, -0.05) is 24.3 Å². The first kappa shape index (κ1) is 27.4. The van der Waals surface area contributed by atoms with Gasteiger partial charge in [0.1, 0.15) is 23.1 Å². The van der Waals surface area contributed by atoms with E-state index in [2.05, 4.69) is 10.6 Å². The lowest BCUT2D eigenvalue weighted by Crippen LogP contribution is -2.43. The van der Waals surface area contributed by atoms with Crippen molar-refractivity contribution in [2.45, 2.75) is 37.8 Å². The molecular formula is C27H29ClF2N2O4. The quantitative estimate of drug-likeness (QED) is 0.335. The van der Waals surface area contributed by atoms with Crippen molar-refractivity contribution >= 4 is 24.0 Å². The van der Waals surface area contributed by atoms with Crippen LogP contribution in [-0.2, 0) is 4.79 Å². The molecule has 0 fully saturated rings. The zero-order valence-electron chi connectivity index (χ0n) is 19.9. The Hall–Kier alpha value is -3.20. The van der Waals surface area contributed by atoms with Gasteiger partial charge in [-0.05, 0) is 61.7 Å². The summed E-state index contributed by atoms with van der Waals surface area (Å²) in [6.45, 7) is 3.93. The Morgan fingerprint density at radius 1 is 1.03 bits per heavy atom. The fourth-order valence-electron chi connectivity index (χ4n) is 4.34. The average Bonchev–Trinajstić information content (AvgIpc) is 2.81. The lowest BCUT2D eigenvalue weighted by atomic mass is 9.81. The Balaban J connectivity index is 0.00000361. The number of aliphatic hydroxyl groups excluding tert-OH is 1. The number of anilines is 1. The van der Waals surface area contributed by atoms with Gasteiger partial charge in [-0.2, -0.15) is 0 Å². The van der Waals surface area contributed by atoms with Gasteiger partial charge in [0.2, 0.25) is 0 Å². The molecule has 1 unspecified atom stereocenters. The zero-order chi connectivity index (χ0) is 25.2. The molecule has 0 saturated heterocycles. The molecule has 4 N–H and O–H groups in total. The SMILES string of the molecule is CC(C)(CC(c1ccc(F)cc1)c1ccc(F)cc1)NCC(O)c1cc(O)cc2c1OCC(=O)N2.Cl. The van der Waals surface area contributed by atoms with E-state index in [-0.39, 0.29) is 54.8 Å². The number of carbonyl (C=O) groups is 1. The average molecular weight is 519 g/mol. The first-order valence-corrected chi connectivity index (χ1v) is 11.3. The summed E-state index contributed by atoms with van der Waals surface area (Å²) in [5.41, 5.74) is 1.94. The van der Waals surface area contributed by atoms with Crippen LogP contribution in [0.2, 0.25) is 0 Å². The van der Waals surface area contributed by atoms with Gasteiger partial charge in [-0.15, -0.1) is 12.4 Å². The van der Waals surface area contributed by atoms with Gasteiger partial charge in [0, 0.05) is 29.6 Å². The molecule has 0 saturated carbocycles. The van der Waals surface area contributed by atoms with Crippen molar-refractivity contribution in [1.29, 1.82) is 0 Å². The Kier molecular flexibility index (Phi) is 8.55. The number of fused-ring (bicyclic) bond motifs is 1. The van der Waals surface area contributed by atoms with Crippen molar-refractivity contribution in [2.24, 2.45) is 0 Å². The van der Waals surface area contributed by atoms with Gasteiger partial charge in [0.05, 0.1) is 11.8 Å². The fraction of sp³-hybridized carbons (Fsp3) is 0.296. The van der Waals surface area contributed by atoms with Gasteiger partial charge in [-0.25, -0.2) is 8.78 Å². The number of ether oxygens (including phenoxy) is 1. The maximum Gasteiger partial charge on any atom is 0.262 e. The molecule has 0 aliphatic carbocycles. The monoisotopic (exact) mass is 518 g/mol. The number of aromatic hydroxyl groups is 1. The highest BCUT2D eigenvalue weighted by atomic mass is 35.5. The molecule has 0 aromatic heterocycles. The fourth-order valence-corrected chi connectivity index (χ4v) is 4.34. The van der Waals surface area contributed by atoms with Gasteiger partial charge in [-0.3, -0.25) is 4.79 Å². The minimum absolute atomic E-state index is 0. The van der Waals surface area contributed by atoms with Gasteiger partial charge in [0.25, 0.3) is 5.91 Å². The molecule has 1 heterocycles. The van der Waals surface area contributed by atoms with Crippen LogP contribution in [0.25, 0.3) is 0 Å². The third-order valence-electron chi connectivity index (χ3n) is 6.12.